The molecule has 2 heterocycles. The van der Waals surface area contributed by atoms with Crippen LogP contribution in [0.4, 0.5) is 10.5 Å². The second-order valence-electron chi connectivity index (χ2n) is 8.90. The molecular formula is C22H32N4O5S. The number of carbonyl (C=O) groups is 2. The Morgan fingerprint density at radius 2 is 1.88 bits per heavy atom. The van der Waals surface area contributed by atoms with Crippen molar-refractivity contribution in [1.29, 1.82) is 0 Å². The van der Waals surface area contributed by atoms with Crippen LogP contribution >= 0.6 is 12.6 Å². The average Bonchev–Trinajstić information content (AvgIpc) is 3.18. The molecule has 2 atom stereocenters. The van der Waals surface area contributed by atoms with Gasteiger partial charge >= 0.3 is 6.09 Å². The van der Waals surface area contributed by atoms with Gasteiger partial charge in [0.25, 0.3) is 5.69 Å². The number of carbonyl (C=O) groups excluding carboxylic acids is 2. The summed E-state index contributed by atoms with van der Waals surface area (Å²) in [6, 6.07) is 5.30. The Morgan fingerprint density at radius 1 is 1.22 bits per heavy atom. The first-order chi connectivity index (χ1) is 15.2. The minimum atomic E-state index is -0.556. The molecular weight excluding hydrogens is 432 g/mol. The van der Waals surface area contributed by atoms with E-state index in [0.717, 1.165) is 38.9 Å². The summed E-state index contributed by atoms with van der Waals surface area (Å²) in [6.07, 6.45) is 3.06. The molecule has 0 aromatic heterocycles. The van der Waals surface area contributed by atoms with Gasteiger partial charge in [-0.05, 0) is 69.9 Å². The second kappa shape index (κ2) is 11.0. The molecule has 2 aliphatic rings. The predicted octanol–water partition coefficient (Wildman–Crippen LogP) is 2.79. The zero-order valence-electron chi connectivity index (χ0n) is 18.7. The fourth-order valence-corrected chi connectivity index (χ4v) is 4.66. The first kappa shape index (κ1) is 24.3. The number of nitro benzene ring substituents is 1. The number of likely N-dealkylation sites (tertiary alicyclic amines) is 2. The summed E-state index contributed by atoms with van der Waals surface area (Å²) in [5, 5.41) is 10.7. The predicted molar refractivity (Wildman–Crippen MR) is 124 cm³/mol. The number of amides is 2. The highest BCUT2D eigenvalue weighted by Crippen LogP contribution is 2.27. The number of rotatable bonds is 7. The third-order valence-corrected chi connectivity index (χ3v) is 6.59. The summed E-state index contributed by atoms with van der Waals surface area (Å²) in [4.78, 5) is 41.7. The van der Waals surface area contributed by atoms with Gasteiger partial charge in [-0.1, -0.05) is 0 Å². The van der Waals surface area contributed by atoms with E-state index in [1.54, 1.807) is 12.1 Å². The van der Waals surface area contributed by atoms with Crippen molar-refractivity contribution < 1.29 is 19.2 Å². The standard InChI is InChI=1S/C22H32N4O5S/c1-23(2)10-7-16-8-11-24(12-9-16)21(27)20-13-19(32)14-25(20)22(28)31-15-17-3-5-18(6-4-17)26(29)30/h3-6,16,19-20,32H,7-15H2,1-2H3/t19-,20-/m0/s1. The van der Waals surface area contributed by atoms with Gasteiger partial charge in [0.15, 0.2) is 0 Å². The monoisotopic (exact) mass is 464 g/mol. The molecule has 10 heteroatoms. The van der Waals surface area contributed by atoms with Crippen LogP contribution in [0.15, 0.2) is 24.3 Å². The maximum Gasteiger partial charge on any atom is 0.410 e. The van der Waals surface area contributed by atoms with E-state index in [-0.39, 0.29) is 23.5 Å². The molecule has 1 aromatic rings. The average molecular weight is 465 g/mol. The van der Waals surface area contributed by atoms with E-state index in [0.29, 0.717) is 24.4 Å². The van der Waals surface area contributed by atoms with Gasteiger partial charge < -0.3 is 14.5 Å². The lowest BCUT2D eigenvalue weighted by atomic mass is 9.93. The Hall–Kier alpha value is -2.33. The maximum absolute atomic E-state index is 13.2. The molecule has 0 N–H and O–H groups in total. The minimum absolute atomic E-state index is 0.0112. The van der Waals surface area contributed by atoms with Crippen LogP contribution in [-0.2, 0) is 16.1 Å². The Morgan fingerprint density at radius 3 is 2.47 bits per heavy atom. The van der Waals surface area contributed by atoms with Crippen molar-refractivity contribution in [3.63, 3.8) is 0 Å². The summed E-state index contributed by atoms with van der Waals surface area (Å²) in [5.74, 6) is 0.602. The Kier molecular flexibility index (Phi) is 8.36. The van der Waals surface area contributed by atoms with Crippen LogP contribution in [0.2, 0.25) is 0 Å². The minimum Gasteiger partial charge on any atom is -0.445 e. The van der Waals surface area contributed by atoms with E-state index >= 15 is 0 Å². The number of piperidine rings is 1. The topological polar surface area (TPSA) is 96.2 Å². The molecule has 0 unspecified atom stereocenters. The molecule has 0 radical (unpaired) electrons. The quantitative estimate of drug-likeness (QED) is 0.379. The Bertz CT molecular complexity index is 811. The highest BCUT2D eigenvalue weighted by Gasteiger charge is 2.41. The van der Waals surface area contributed by atoms with Crippen molar-refractivity contribution in [1.82, 2.24) is 14.7 Å². The zero-order valence-corrected chi connectivity index (χ0v) is 19.6. The summed E-state index contributed by atoms with van der Waals surface area (Å²) < 4.78 is 5.41. The van der Waals surface area contributed by atoms with E-state index < -0.39 is 17.1 Å². The molecule has 2 saturated heterocycles. The van der Waals surface area contributed by atoms with Gasteiger partial charge in [-0.2, -0.15) is 12.6 Å². The Labute approximate surface area is 194 Å². The fraction of sp³-hybridized carbons (Fsp3) is 0.636. The lowest BCUT2D eigenvalue weighted by Crippen LogP contribution is -2.50. The van der Waals surface area contributed by atoms with E-state index in [2.05, 4.69) is 31.6 Å². The van der Waals surface area contributed by atoms with Crippen molar-refractivity contribution in [2.75, 3.05) is 40.3 Å². The van der Waals surface area contributed by atoms with Gasteiger partial charge in [-0.15, -0.1) is 0 Å². The molecule has 2 amide bonds. The fourth-order valence-electron chi connectivity index (χ4n) is 4.29. The molecule has 1 aromatic carbocycles. The van der Waals surface area contributed by atoms with Crippen LogP contribution < -0.4 is 0 Å². The smallest absolute Gasteiger partial charge is 0.410 e. The highest BCUT2D eigenvalue weighted by molar-refractivity contribution is 7.81. The van der Waals surface area contributed by atoms with Crippen molar-refractivity contribution >= 4 is 30.3 Å². The van der Waals surface area contributed by atoms with Crippen molar-refractivity contribution in [3.8, 4) is 0 Å². The van der Waals surface area contributed by atoms with Crippen LogP contribution in [0.3, 0.4) is 0 Å². The van der Waals surface area contributed by atoms with E-state index in [1.165, 1.54) is 17.0 Å². The number of ether oxygens (including phenoxy) is 1. The number of nitro groups is 1. The first-order valence-electron chi connectivity index (χ1n) is 11.0. The number of benzene rings is 1. The third-order valence-electron chi connectivity index (χ3n) is 6.22. The molecule has 2 aliphatic heterocycles. The maximum atomic E-state index is 13.2. The van der Waals surface area contributed by atoms with Gasteiger partial charge in [-0.25, -0.2) is 4.79 Å². The Balaban J connectivity index is 1.53. The number of thiol groups is 1. The normalized spacial score (nSPS) is 21.8. The number of hydrogen-bond acceptors (Lipinski definition) is 7. The molecule has 32 heavy (non-hydrogen) atoms. The molecule has 0 spiro atoms. The van der Waals surface area contributed by atoms with E-state index in [9.17, 15) is 19.7 Å². The molecule has 0 bridgehead atoms. The number of hydrogen-bond donors (Lipinski definition) is 1. The summed E-state index contributed by atoms with van der Waals surface area (Å²) >= 11 is 4.50. The molecule has 2 fully saturated rings. The summed E-state index contributed by atoms with van der Waals surface area (Å²) in [6.45, 7) is 2.84. The van der Waals surface area contributed by atoms with E-state index in [4.69, 9.17) is 4.74 Å². The largest absolute Gasteiger partial charge is 0.445 e. The highest BCUT2D eigenvalue weighted by atomic mass is 32.1. The lowest BCUT2D eigenvalue weighted by Gasteiger charge is -2.35. The zero-order chi connectivity index (χ0) is 23.3. The van der Waals surface area contributed by atoms with Gasteiger partial charge in [0.2, 0.25) is 5.91 Å². The van der Waals surface area contributed by atoms with Gasteiger partial charge in [0.1, 0.15) is 12.6 Å². The third kappa shape index (κ3) is 6.35. The van der Waals surface area contributed by atoms with Crippen molar-refractivity contribution in [2.45, 2.75) is 43.6 Å². The van der Waals surface area contributed by atoms with Crippen molar-refractivity contribution in [3.05, 3.63) is 39.9 Å². The van der Waals surface area contributed by atoms with Crippen molar-refractivity contribution in [2.24, 2.45) is 5.92 Å². The first-order valence-corrected chi connectivity index (χ1v) is 11.5. The van der Waals surface area contributed by atoms with E-state index in [1.807, 2.05) is 4.90 Å². The van der Waals surface area contributed by atoms with Crippen LogP contribution in [0.5, 0.6) is 0 Å². The van der Waals surface area contributed by atoms with Crippen LogP contribution in [0, 0.1) is 16.0 Å². The lowest BCUT2D eigenvalue weighted by molar-refractivity contribution is -0.384. The second-order valence-corrected chi connectivity index (χ2v) is 9.63. The molecule has 0 aliphatic carbocycles. The molecule has 3 rings (SSSR count). The molecule has 176 valence electrons. The summed E-state index contributed by atoms with van der Waals surface area (Å²) in [5.41, 5.74) is 0.627. The van der Waals surface area contributed by atoms with Gasteiger partial charge in [0.05, 0.1) is 4.92 Å². The van der Waals surface area contributed by atoms with Crippen LogP contribution in [-0.4, -0.2) is 83.2 Å². The number of non-ortho nitro benzene ring substituents is 1. The summed E-state index contributed by atoms with van der Waals surface area (Å²) in [7, 11) is 4.14. The molecule has 0 saturated carbocycles. The van der Waals surface area contributed by atoms with Gasteiger partial charge in [0, 0.05) is 37.0 Å². The number of nitrogens with zero attached hydrogens (tertiary/aromatic N) is 4. The van der Waals surface area contributed by atoms with Gasteiger partial charge in [-0.3, -0.25) is 19.8 Å². The van der Waals surface area contributed by atoms with Crippen LogP contribution in [0.1, 0.15) is 31.2 Å². The van der Waals surface area contributed by atoms with Crippen LogP contribution in [0.25, 0.3) is 0 Å². The SMILES string of the molecule is CN(C)CCC1CCN(C(=O)[C@@H]2C[C@H](S)CN2C(=O)OCc2ccc([N+](=O)[O-])cc2)CC1. The molecule has 9 nitrogen and oxygen atoms in total.